The van der Waals surface area contributed by atoms with Crippen molar-refractivity contribution in [2.45, 2.75) is 40.5 Å². The maximum atomic E-state index is 11.7. The highest BCUT2D eigenvalue weighted by molar-refractivity contribution is 5.56. The first-order chi connectivity index (χ1) is 13.3. The van der Waals surface area contributed by atoms with Crippen LogP contribution >= 0.6 is 0 Å². The third-order valence-corrected chi connectivity index (χ3v) is 4.67. The van der Waals surface area contributed by atoms with Crippen molar-refractivity contribution in [3.63, 3.8) is 0 Å². The monoisotopic (exact) mass is 376 g/mol. The number of hydrogen-bond donors (Lipinski definition) is 1. The van der Waals surface area contributed by atoms with Gasteiger partial charge in [0.1, 0.15) is 11.5 Å². The molecule has 3 heteroatoms. The van der Waals surface area contributed by atoms with Crippen LogP contribution in [0, 0.1) is 20.8 Å². The predicted molar refractivity (Wildman–Crippen MR) is 117 cm³/mol. The predicted octanol–water partition coefficient (Wildman–Crippen LogP) is 5.76. The second-order valence-corrected chi connectivity index (χ2v) is 6.98. The Balaban J connectivity index is 2.08. The molecule has 0 aliphatic carbocycles. The van der Waals surface area contributed by atoms with E-state index in [9.17, 15) is 9.90 Å². The molecule has 28 heavy (non-hydrogen) atoms. The van der Waals surface area contributed by atoms with Gasteiger partial charge in [-0.3, -0.25) is 0 Å². The number of hydrogen-bond acceptors (Lipinski definition) is 3. The molecule has 2 aromatic rings. The molecule has 0 aliphatic rings. The van der Waals surface area contributed by atoms with E-state index < -0.39 is 5.63 Å². The van der Waals surface area contributed by atoms with Gasteiger partial charge < -0.3 is 9.52 Å². The first kappa shape index (κ1) is 21.2. The summed E-state index contributed by atoms with van der Waals surface area (Å²) in [4.78, 5) is 11.7. The van der Waals surface area contributed by atoms with Crippen molar-refractivity contribution in [1.29, 1.82) is 0 Å². The second kappa shape index (κ2) is 9.75. The molecule has 0 radical (unpaired) electrons. The molecule has 0 bridgehead atoms. The van der Waals surface area contributed by atoms with Crippen molar-refractivity contribution in [3.05, 3.63) is 105 Å². The molecule has 1 N–H and O–H groups in total. The molecule has 0 fully saturated rings. The standard InChI is InChI=1S/C25H28O3/c1-6-9-22-16-18(3)12-14-21(22)11-8-7-10-17(2)13-15-23-19(4)24(26)20(5)25(27)28-23/h6-8,10-14,16,26H,1,9,15H2,2-5H3. The van der Waals surface area contributed by atoms with E-state index in [0.717, 1.165) is 12.0 Å². The molecule has 0 aliphatic heterocycles. The smallest absolute Gasteiger partial charge is 0.342 e. The molecular weight excluding hydrogens is 348 g/mol. The summed E-state index contributed by atoms with van der Waals surface area (Å²) >= 11 is 0. The number of benzene rings is 1. The fourth-order valence-electron chi connectivity index (χ4n) is 2.89. The summed E-state index contributed by atoms with van der Waals surface area (Å²) in [5, 5.41) is 9.98. The van der Waals surface area contributed by atoms with Gasteiger partial charge in [0.05, 0.1) is 5.56 Å². The van der Waals surface area contributed by atoms with E-state index in [1.165, 1.54) is 16.7 Å². The quantitative estimate of drug-likeness (QED) is 0.494. The van der Waals surface area contributed by atoms with Crippen molar-refractivity contribution in [1.82, 2.24) is 0 Å². The molecule has 2 rings (SSSR count). The van der Waals surface area contributed by atoms with Crippen LogP contribution in [0.25, 0.3) is 6.08 Å². The molecule has 3 nitrogen and oxygen atoms in total. The normalized spacial score (nSPS) is 12.2. The van der Waals surface area contributed by atoms with Gasteiger partial charge in [0.25, 0.3) is 0 Å². The minimum absolute atomic E-state index is 0.0178. The first-order valence-electron chi connectivity index (χ1n) is 9.37. The Morgan fingerprint density at radius 3 is 2.61 bits per heavy atom. The van der Waals surface area contributed by atoms with Crippen molar-refractivity contribution in [3.8, 4) is 5.75 Å². The number of allylic oxidation sites excluding steroid dienone is 6. The molecule has 1 heterocycles. The zero-order valence-corrected chi connectivity index (χ0v) is 17.1. The Bertz CT molecular complexity index is 1000. The summed E-state index contributed by atoms with van der Waals surface area (Å²) in [6.07, 6.45) is 13.3. The van der Waals surface area contributed by atoms with Gasteiger partial charge in [0.2, 0.25) is 0 Å². The topological polar surface area (TPSA) is 50.4 Å². The molecule has 0 amide bonds. The molecule has 146 valence electrons. The van der Waals surface area contributed by atoms with Gasteiger partial charge in [0.15, 0.2) is 0 Å². The van der Waals surface area contributed by atoms with Gasteiger partial charge >= 0.3 is 5.63 Å². The lowest BCUT2D eigenvalue weighted by Crippen LogP contribution is -2.07. The third kappa shape index (κ3) is 5.46. The van der Waals surface area contributed by atoms with Crippen molar-refractivity contribution in [2.24, 2.45) is 0 Å². The summed E-state index contributed by atoms with van der Waals surface area (Å²) in [5.74, 6) is 0.509. The largest absolute Gasteiger partial charge is 0.507 e. The first-order valence-corrected chi connectivity index (χ1v) is 9.37. The Morgan fingerprint density at radius 2 is 1.89 bits per heavy atom. The number of aromatic hydroxyl groups is 1. The van der Waals surface area contributed by atoms with Crippen LogP contribution in [0.2, 0.25) is 0 Å². The number of aryl methyl sites for hydroxylation is 1. The van der Waals surface area contributed by atoms with Crippen molar-refractivity contribution < 1.29 is 9.52 Å². The summed E-state index contributed by atoms with van der Waals surface area (Å²) in [5.41, 5.74) is 5.10. The highest BCUT2D eigenvalue weighted by Crippen LogP contribution is 2.22. The van der Waals surface area contributed by atoms with Crippen LogP contribution in [-0.4, -0.2) is 5.11 Å². The van der Waals surface area contributed by atoms with E-state index in [1.54, 1.807) is 13.8 Å². The third-order valence-electron chi connectivity index (χ3n) is 4.67. The Kier molecular flexibility index (Phi) is 7.39. The summed E-state index contributed by atoms with van der Waals surface area (Å²) < 4.78 is 5.29. The molecule has 1 aromatic heterocycles. The fraction of sp³-hybridized carbons (Fsp3) is 0.240. The molecule has 0 saturated heterocycles. The van der Waals surface area contributed by atoms with Crippen molar-refractivity contribution >= 4 is 6.08 Å². The Hall–Kier alpha value is -3.07. The lowest BCUT2D eigenvalue weighted by Gasteiger charge is -2.06. The van der Waals surface area contributed by atoms with Crippen LogP contribution in [0.1, 0.15) is 40.5 Å². The van der Waals surface area contributed by atoms with E-state index >= 15 is 0 Å². The number of rotatable bonds is 7. The van der Waals surface area contributed by atoms with E-state index in [1.807, 2.05) is 37.3 Å². The minimum Gasteiger partial charge on any atom is -0.507 e. The molecule has 0 unspecified atom stereocenters. The SMILES string of the molecule is C=CCc1cc(C)ccc1C=CC=CC(C)=CCc1oc(=O)c(C)c(O)c1C. The van der Waals surface area contributed by atoms with Crippen LogP contribution in [0.15, 0.2) is 69.9 Å². The molecular formula is C25H28O3. The van der Waals surface area contributed by atoms with Crippen LogP contribution in [0.4, 0.5) is 0 Å². The van der Waals surface area contributed by atoms with E-state index in [2.05, 4.69) is 37.8 Å². The molecule has 1 aromatic carbocycles. The lowest BCUT2D eigenvalue weighted by atomic mass is 10.0. The van der Waals surface area contributed by atoms with E-state index in [4.69, 9.17) is 4.42 Å². The lowest BCUT2D eigenvalue weighted by molar-refractivity contribution is 0.415. The van der Waals surface area contributed by atoms with Gasteiger partial charge in [-0.15, -0.1) is 6.58 Å². The van der Waals surface area contributed by atoms with Crippen LogP contribution in [0.3, 0.4) is 0 Å². The second-order valence-electron chi connectivity index (χ2n) is 6.98. The highest BCUT2D eigenvalue weighted by atomic mass is 16.4. The maximum absolute atomic E-state index is 11.7. The van der Waals surface area contributed by atoms with E-state index in [-0.39, 0.29) is 11.3 Å². The Labute approximate surface area is 167 Å². The fourth-order valence-corrected chi connectivity index (χ4v) is 2.89. The van der Waals surface area contributed by atoms with Gasteiger partial charge in [-0.2, -0.15) is 0 Å². The van der Waals surface area contributed by atoms with Gasteiger partial charge in [-0.25, -0.2) is 4.79 Å². The highest BCUT2D eigenvalue weighted by Gasteiger charge is 2.11. The molecule has 0 atom stereocenters. The van der Waals surface area contributed by atoms with Gasteiger partial charge in [0, 0.05) is 12.0 Å². The average Bonchev–Trinajstić information content (AvgIpc) is 2.67. The maximum Gasteiger partial charge on any atom is 0.342 e. The zero-order chi connectivity index (χ0) is 20.7. The van der Waals surface area contributed by atoms with Crippen LogP contribution in [0.5, 0.6) is 5.75 Å². The van der Waals surface area contributed by atoms with Crippen LogP contribution in [-0.2, 0) is 12.8 Å². The molecule has 0 saturated carbocycles. The van der Waals surface area contributed by atoms with Crippen LogP contribution < -0.4 is 5.63 Å². The minimum atomic E-state index is -0.490. The Morgan fingerprint density at radius 1 is 1.14 bits per heavy atom. The average molecular weight is 376 g/mol. The van der Waals surface area contributed by atoms with E-state index in [0.29, 0.717) is 17.7 Å². The summed E-state index contributed by atoms with van der Waals surface area (Å²) in [6.45, 7) is 11.2. The van der Waals surface area contributed by atoms with Crippen molar-refractivity contribution in [2.75, 3.05) is 0 Å². The summed E-state index contributed by atoms with van der Waals surface area (Å²) in [6, 6.07) is 6.41. The zero-order valence-electron chi connectivity index (χ0n) is 17.1. The molecule has 0 spiro atoms. The van der Waals surface area contributed by atoms with Gasteiger partial charge in [-0.1, -0.05) is 65.8 Å². The van der Waals surface area contributed by atoms with Gasteiger partial charge in [-0.05, 0) is 45.2 Å². The summed E-state index contributed by atoms with van der Waals surface area (Å²) in [7, 11) is 0.